The van der Waals surface area contributed by atoms with Crippen LogP contribution in [0.4, 0.5) is 9.59 Å². The topological polar surface area (TPSA) is 138 Å². The molecule has 0 saturated heterocycles. The Bertz CT molecular complexity index is 1080. The molecule has 0 radical (unpaired) electrons. The molecule has 3 aliphatic rings. The molecule has 0 saturated carbocycles. The second kappa shape index (κ2) is 10.5. The van der Waals surface area contributed by atoms with E-state index in [9.17, 15) is 19.5 Å². The van der Waals surface area contributed by atoms with Gasteiger partial charge in [-0.1, -0.05) is 18.2 Å². The van der Waals surface area contributed by atoms with Crippen molar-refractivity contribution in [3.63, 3.8) is 0 Å². The summed E-state index contributed by atoms with van der Waals surface area (Å²) in [5.74, 6) is 0.950. The predicted molar refractivity (Wildman–Crippen MR) is 135 cm³/mol. The minimum atomic E-state index is -0.668. The molecule has 11 heteroatoms. The Kier molecular flexibility index (Phi) is 7.54. The highest BCUT2D eigenvalue weighted by molar-refractivity contribution is 5.82. The normalized spacial score (nSPS) is 23.6. The largest absolute Gasteiger partial charge is 0.493 e. The fourth-order valence-corrected chi connectivity index (χ4v) is 5.12. The van der Waals surface area contributed by atoms with Gasteiger partial charge in [0, 0.05) is 38.2 Å². The zero-order chi connectivity index (χ0) is 26.8. The molecule has 0 unspecified atom stereocenters. The van der Waals surface area contributed by atoms with E-state index in [0.717, 1.165) is 11.1 Å². The standard InChI is InChI=1S/C26H36N4O7/c1-25(2,3)37-24(34)29-14-20(32)27-10-11-28-23(33)30-12-9-26-8-7-17(31)13-19(26)36-22-18(35-4)6-5-16(15-30)21(22)26/h5-8,17,19,31H,9-15H2,1-4H3,(H,27,32)(H,28,33)(H,29,34)/t17-,19-,26-/m0/s1. The SMILES string of the molecule is COc1ccc2c3c1O[C@H]1C[C@@H](O)C=C[C@@]31CCN(C(=O)NCCNC(=O)CNC(=O)OC(C)(C)C)C2. The van der Waals surface area contributed by atoms with Gasteiger partial charge < -0.3 is 40.2 Å². The first-order valence-corrected chi connectivity index (χ1v) is 12.5. The van der Waals surface area contributed by atoms with Gasteiger partial charge in [0.05, 0.1) is 25.2 Å². The summed E-state index contributed by atoms with van der Waals surface area (Å²) in [6.45, 7) is 6.34. The van der Waals surface area contributed by atoms with Crippen LogP contribution in [-0.4, -0.2) is 79.1 Å². The van der Waals surface area contributed by atoms with Crippen LogP contribution in [0, 0.1) is 0 Å². The molecule has 0 bridgehead atoms. The highest BCUT2D eigenvalue weighted by Crippen LogP contribution is 2.55. The van der Waals surface area contributed by atoms with Crippen molar-refractivity contribution >= 4 is 18.0 Å². The van der Waals surface area contributed by atoms with E-state index in [1.165, 1.54) is 0 Å². The molecule has 1 aromatic rings. The van der Waals surface area contributed by atoms with E-state index in [1.807, 2.05) is 24.3 Å². The molecular formula is C26H36N4O7. The number of carbonyl (C=O) groups is 3. The monoisotopic (exact) mass is 516 g/mol. The molecule has 2 aliphatic heterocycles. The second-order valence-electron chi connectivity index (χ2n) is 10.5. The number of amides is 4. The molecule has 3 atom stereocenters. The number of ether oxygens (including phenoxy) is 3. The van der Waals surface area contributed by atoms with Gasteiger partial charge in [0.15, 0.2) is 11.5 Å². The van der Waals surface area contributed by atoms with Crippen LogP contribution >= 0.6 is 0 Å². The molecular weight excluding hydrogens is 480 g/mol. The van der Waals surface area contributed by atoms with Gasteiger partial charge in [-0.3, -0.25) is 4.79 Å². The van der Waals surface area contributed by atoms with Gasteiger partial charge in [-0.05, 0) is 38.8 Å². The minimum absolute atomic E-state index is 0.215. The van der Waals surface area contributed by atoms with Gasteiger partial charge >= 0.3 is 12.1 Å². The second-order valence-corrected chi connectivity index (χ2v) is 10.5. The van der Waals surface area contributed by atoms with Gasteiger partial charge in [-0.25, -0.2) is 9.59 Å². The number of nitrogens with one attached hydrogen (secondary N) is 3. The summed E-state index contributed by atoms with van der Waals surface area (Å²) in [6.07, 6.45) is 3.49. The van der Waals surface area contributed by atoms with E-state index in [0.29, 0.717) is 37.4 Å². The van der Waals surface area contributed by atoms with Gasteiger partial charge in [-0.15, -0.1) is 0 Å². The van der Waals surface area contributed by atoms with Crippen molar-refractivity contribution in [3.8, 4) is 11.5 Å². The van der Waals surface area contributed by atoms with Crippen LogP contribution in [-0.2, 0) is 21.5 Å². The lowest BCUT2D eigenvalue weighted by Gasteiger charge is -2.35. The molecule has 202 valence electrons. The highest BCUT2D eigenvalue weighted by atomic mass is 16.6. The molecule has 1 aromatic carbocycles. The number of methoxy groups -OCH3 is 1. The molecule has 4 rings (SSSR count). The molecule has 4 amide bonds. The predicted octanol–water partition coefficient (Wildman–Crippen LogP) is 1.57. The van der Waals surface area contributed by atoms with Crippen molar-refractivity contribution in [2.75, 3.05) is 33.3 Å². The molecule has 4 N–H and O–H groups in total. The van der Waals surface area contributed by atoms with E-state index in [4.69, 9.17) is 14.2 Å². The lowest BCUT2D eigenvalue weighted by Crippen LogP contribution is -2.46. The summed E-state index contributed by atoms with van der Waals surface area (Å²) in [6, 6.07) is 3.58. The first-order valence-electron chi connectivity index (χ1n) is 12.5. The van der Waals surface area contributed by atoms with E-state index in [1.54, 1.807) is 32.8 Å². The van der Waals surface area contributed by atoms with Crippen LogP contribution in [0.3, 0.4) is 0 Å². The first-order chi connectivity index (χ1) is 17.5. The third-order valence-electron chi connectivity index (χ3n) is 6.76. The van der Waals surface area contributed by atoms with Crippen molar-refractivity contribution in [1.82, 2.24) is 20.9 Å². The Morgan fingerprint density at radius 2 is 1.95 bits per heavy atom. The number of aliphatic hydroxyl groups excluding tert-OH is 1. The summed E-state index contributed by atoms with van der Waals surface area (Å²) in [5.41, 5.74) is 0.934. The number of aliphatic hydroxyl groups is 1. The molecule has 1 spiro atoms. The third kappa shape index (κ3) is 5.76. The number of hydrogen-bond acceptors (Lipinski definition) is 7. The summed E-state index contributed by atoms with van der Waals surface area (Å²) in [4.78, 5) is 38.4. The zero-order valence-electron chi connectivity index (χ0n) is 21.8. The quantitative estimate of drug-likeness (QED) is 0.333. The van der Waals surface area contributed by atoms with E-state index < -0.39 is 23.2 Å². The van der Waals surface area contributed by atoms with Crippen molar-refractivity contribution in [1.29, 1.82) is 0 Å². The van der Waals surface area contributed by atoms with Crippen molar-refractivity contribution < 1.29 is 33.7 Å². The van der Waals surface area contributed by atoms with Gasteiger partial charge in [-0.2, -0.15) is 0 Å². The molecule has 1 aliphatic carbocycles. The maximum atomic E-state index is 13.0. The van der Waals surface area contributed by atoms with E-state index in [2.05, 4.69) is 16.0 Å². The van der Waals surface area contributed by atoms with Crippen molar-refractivity contribution in [2.24, 2.45) is 0 Å². The average Bonchev–Trinajstić information content (AvgIpc) is 3.06. The molecule has 0 aromatic heterocycles. The highest BCUT2D eigenvalue weighted by Gasteiger charge is 2.53. The number of carbonyl (C=O) groups excluding carboxylic acids is 3. The van der Waals surface area contributed by atoms with Crippen molar-refractivity contribution in [2.45, 2.75) is 63.4 Å². The zero-order valence-corrected chi connectivity index (χ0v) is 21.8. The Balaban J connectivity index is 1.33. The first kappa shape index (κ1) is 26.6. The Morgan fingerprint density at radius 1 is 1.19 bits per heavy atom. The summed E-state index contributed by atoms with van der Waals surface area (Å²) in [7, 11) is 1.60. The van der Waals surface area contributed by atoms with Crippen LogP contribution in [0.1, 0.15) is 44.7 Å². The van der Waals surface area contributed by atoms with Gasteiger partial charge in [0.2, 0.25) is 5.91 Å². The number of urea groups is 1. The lowest BCUT2D eigenvalue weighted by atomic mass is 9.69. The maximum Gasteiger partial charge on any atom is 0.408 e. The van der Waals surface area contributed by atoms with Crippen LogP contribution in [0.2, 0.25) is 0 Å². The maximum absolute atomic E-state index is 13.0. The van der Waals surface area contributed by atoms with E-state index >= 15 is 0 Å². The third-order valence-corrected chi connectivity index (χ3v) is 6.76. The average molecular weight is 517 g/mol. The Hall–Kier alpha value is -3.47. The number of alkyl carbamates (subject to hydrolysis) is 1. The van der Waals surface area contributed by atoms with Crippen molar-refractivity contribution in [3.05, 3.63) is 35.4 Å². The molecule has 37 heavy (non-hydrogen) atoms. The minimum Gasteiger partial charge on any atom is -0.493 e. The molecule has 11 nitrogen and oxygen atoms in total. The number of hydrogen-bond donors (Lipinski definition) is 4. The number of rotatable bonds is 6. The number of nitrogens with zero attached hydrogens (tertiary/aromatic N) is 1. The van der Waals surface area contributed by atoms with Crippen LogP contribution in [0.25, 0.3) is 0 Å². The Morgan fingerprint density at radius 3 is 2.68 bits per heavy atom. The molecule has 0 fully saturated rings. The van der Waals surface area contributed by atoms with Crippen LogP contribution < -0.4 is 25.4 Å². The summed E-state index contributed by atoms with van der Waals surface area (Å²) >= 11 is 0. The Labute approximate surface area is 216 Å². The van der Waals surface area contributed by atoms with Crippen LogP contribution in [0.5, 0.6) is 11.5 Å². The lowest BCUT2D eigenvalue weighted by molar-refractivity contribution is -0.120. The fraction of sp³-hybridized carbons (Fsp3) is 0.577. The van der Waals surface area contributed by atoms with Crippen LogP contribution in [0.15, 0.2) is 24.3 Å². The number of benzene rings is 1. The van der Waals surface area contributed by atoms with Gasteiger partial charge in [0.25, 0.3) is 0 Å². The van der Waals surface area contributed by atoms with E-state index in [-0.39, 0.29) is 37.7 Å². The fourth-order valence-electron chi connectivity index (χ4n) is 5.12. The summed E-state index contributed by atoms with van der Waals surface area (Å²) < 4.78 is 16.9. The molecule has 2 heterocycles. The smallest absolute Gasteiger partial charge is 0.408 e. The summed E-state index contributed by atoms with van der Waals surface area (Å²) in [5, 5.41) is 18.1. The van der Waals surface area contributed by atoms with Gasteiger partial charge in [0.1, 0.15) is 11.7 Å².